The molecule has 12 heavy (non-hydrogen) atoms. The van der Waals surface area contributed by atoms with Crippen molar-refractivity contribution >= 4 is 28.5 Å². The Hall–Kier alpha value is -0.780. The van der Waals surface area contributed by atoms with Crippen LogP contribution >= 0.6 is 22.6 Å². The first-order chi connectivity index (χ1) is 5.68. The van der Waals surface area contributed by atoms with Crippen LogP contribution in [0, 0.1) is 3.57 Å². The molecule has 0 spiro atoms. The summed E-state index contributed by atoms with van der Waals surface area (Å²) in [5.74, 6) is 0.416. The zero-order chi connectivity index (χ0) is 8.97. The van der Waals surface area contributed by atoms with Crippen molar-refractivity contribution in [3.8, 4) is 5.75 Å². The van der Waals surface area contributed by atoms with Gasteiger partial charge in [0.25, 0.3) is 0 Å². The number of rotatable bonds is 2. The van der Waals surface area contributed by atoms with E-state index in [1.54, 1.807) is 12.1 Å². The second-order valence-electron chi connectivity index (χ2n) is 2.21. The molecule has 1 rings (SSSR count). The predicted octanol–water partition coefficient (Wildman–Crippen LogP) is 1.72. The molecule has 1 aromatic rings. The van der Waals surface area contributed by atoms with E-state index >= 15 is 0 Å². The number of hydrogen-bond donors (Lipinski definition) is 1. The SMILES string of the molecule is CC(=O)NOc1ccc(I)cc1. The van der Waals surface area contributed by atoms with Gasteiger partial charge in [0, 0.05) is 10.5 Å². The van der Waals surface area contributed by atoms with Crippen LogP contribution in [0.2, 0.25) is 0 Å². The molecule has 0 aromatic heterocycles. The molecule has 0 bridgehead atoms. The summed E-state index contributed by atoms with van der Waals surface area (Å²) >= 11 is 2.20. The van der Waals surface area contributed by atoms with Gasteiger partial charge in [0.15, 0.2) is 5.75 Å². The summed E-state index contributed by atoms with van der Waals surface area (Å²) in [6, 6.07) is 7.38. The van der Waals surface area contributed by atoms with Crippen LogP contribution < -0.4 is 10.3 Å². The largest absolute Gasteiger partial charge is 0.380 e. The fourth-order valence-electron chi connectivity index (χ4n) is 0.633. The molecule has 0 atom stereocenters. The smallest absolute Gasteiger partial charge is 0.249 e. The molecule has 1 aromatic carbocycles. The summed E-state index contributed by atoms with van der Waals surface area (Å²) in [5, 5.41) is 0. The maximum Gasteiger partial charge on any atom is 0.249 e. The van der Waals surface area contributed by atoms with E-state index in [2.05, 4.69) is 28.1 Å². The van der Waals surface area contributed by atoms with Gasteiger partial charge in [0.05, 0.1) is 0 Å². The van der Waals surface area contributed by atoms with Gasteiger partial charge in [-0.1, -0.05) is 0 Å². The van der Waals surface area contributed by atoms with Gasteiger partial charge in [0.2, 0.25) is 5.91 Å². The monoisotopic (exact) mass is 277 g/mol. The van der Waals surface area contributed by atoms with Crippen LogP contribution in [-0.2, 0) is 4.79 Å². The molecule has 4 heteroatoms. The highest BCUT2D eigenvalue weighted by molar-refractivity contribution is 14.1. The second kappa shape index (κ2) is 4.30. The molecule has 0 aliphatic heterocycles. The minimum Gasteiger partial charge on any atom is -0.380 e. The van der Waals surface area contributed by atoms with Gasteiger partial charge in [-0.2, -0.15) is 5.48 Å². The summed E-state index contributed by atoms with van der Waals surface area (Å²) in [5.41, 5.74) is 2.24. The summed E-state index contributed by atoms with van der Waals surface area (Å²) in [6.07, 6.45) is 0. The average molecular weight is 277 g/mol. The summed E-state index contributed by atoms with van der Waals surface area (Å²) < 4.78 is 1.13. The number of hydrogen-bond acceptors (Lipinski definition) is 2. The molecule has 0 saturated heterocycles. The fourth-order valence-corrected chi connectivity index (χ4v) is 0.993. The first-order valence-corrected chi connectivity index (χ1v) is 4.45. The Balaban J connectivity index is 2.53. The van der Waals surface area contributed by atoms with Crippen LogP contribution in [0.5, 0.6) is 5.75 Å². The Morgan fingerprint density at radius 3 is 2.50 bits per heavy atom. The number of benzene rings is 1. The molecule has 0 unspecified atom stereocenters. The Bertz CT molecular complexity index is 271. The molecule has 0 radical (unpaired) electrons. The van der Waals surface area contributed by atoms with Crippen molar-refractivity contribution in [3.05, 3.63) is 27.8 Å². The number of halogens is 1. The van der Waals surface area contributed by atoms with Gasteiger partial charge in [-0.05, 0) is 46.9 Å². The lowest BCUT2D eigenvalue weighted by atomic mass is 10.3. The highest BCUT2D eigenvalue weighted by Gasteiger charge is 1.94. The number of carbonyl (C=O) groups is 1. The van der Waals surface area contributed by atoms with E-state index in [4.69, 9.17) is 4.84 Å². The minimum absolute atomic E-state index is 0.214. The highest BCUT2D eigenvalue weighted by atomic mass is 127. The lowest BCUT2D eigenvalue weighted by molar-refractivity contribution is -0.125. The lowest BCUT2D eigenvalue weighted by Gasteiger charge is -2.03. The zero-order valence-corrected chi connectivity index (χ0v) is 8.66. The molecule has 0 saturated carbocycles. The third-order valence-corrected chi connectivity index (χ3v) is 1.85. The maximum atomic E-state index is 10.4. The number of carbonyl (C=O) groups excluding carboxylic acids is 1. The highest BCUT2D eigenvalue weighted by Crippen LogP contribution is 2.12. The van der Waals surface area contributed by atoms with Crippen molar-refractivity contribution in [2.24, 2.45) is 0 Å². The molecular formula is C8H8INO2. The molecule has 3 nitrogen and oxygen atoms in total. The lowest BCUT2D eigenvalue weighted by Crippen LogP contribution is -2.23. The van der Waals surface area contributed by atoms with Crippen molar-refractivity contribution in [2.75, 3.05) is 0 Å². The van der Waals surface area contributed by atoms with Crippen LogP contribution in [0.25, 0.3) is 0 Å². The Labute approximate surface area is 84.2 Å². The molecule has 0 heterocycles. The van der Waals surface area contributed by atoms with Crippen LogP contribution in [0.1, 0.15) is 6.92 Å². The van der Waals surface area contributed by atoms with Crippen LogP contribution in [0.4, 0.5) is 0 Å². The standard InChI is InChI=1S/C8H8INO2/c1-6(11)10-12-8-4-2-7(9)3-5-8/h2-5H,1H3,(H,10,11). The van der Waals surface area contributed by atoms with Crippen molar-refractivity contribution in [1.29, 1.82) is 0 Å². The van der Waals surface area contributed by atoms with E-state index in [9.17, 15) is 4.79 Å². The van der Waals surface area contributed by atoms with Crippen molar-refractivity contribution in [3.63, 3.8) is 0 Å². The summed E-state index contributed by atoms with van der Waals surface area (Å²) in [4.78, 5) is 15.4. The number of amides is 1. The first-order valence-electron chi connectivity index (χ1n) is 3.37. The van der Waals surface area contributed by atoms with Gasteiger partial charge in [-0.25, -0.2) is 0 Å². The van der Waals surface area contributed by atoms with Gasteiger partial charge >= 0.3 is 0 Å². The van der Waals surface area contributed by atoms with Crippen molar-refractivity contribution < 1.29 is 9.63 Å². The van der Waals surface area contributed by atoms with Gasteiger partial charge in [0.1, 0.15) is 0 Å². The summed E-state index contributed by atoms with van der Waals surface area (Å²) in [7, 11) is 0. The average Bonchev–Trinajstić information content (AvgIpc) is 2.03. The maximum absolute atomic E-state index is 10.4. The zero-order valence-electron chi connectivity index (χ0n) is 6.50. The molecule has 0 aliphatic rings. The second-order valence-corrected chi connectivity index (χ2v) is 3.46. The molecule has 64 valence electrons. The Morgan fingerprint density at radius 2 is 2.00 bits per heavy atom. The van der Waals surface area contributed by atoms with Crippen LogP contribution in [0.3, 0.4) is 0 Å². The van der Waals surface area contributed by atoms with E-state index in [1.165, 1.54) is 6.92 Å². The first kappa shape index (κ1) is 9.31. The van der Waals surface area contributed by atoms with Gasteiger partial charge in [-0.15, -0.1) is 0 Å². The van der Waals surface area contributed by atoms with E-state index in [0.29, 0.717) is 5.75 Å². The number of nitrogens with one attached hydrogen (secondary N) is 1. The fraction of sp³-hybridized carbons (Fsp3) is 0.125. The van der Waals surface area contributed by atoms with E-state index in [1.807, 2.05) is 12.1 Å². The minimum atomic E-state index is -0.214. The van der Waals surface area contributed by atoms with Gasteiger partial charge < -0.3 is 4.84 Å². The van der Waals surface area contributed by atoms with Gasteiger partial charge in [-0.3, -0.25) is 4.79 Å². The number of hydroxylamine groups is 1. The van der Waals surface area contributed by atoms with Crippen molar-refractivity contribution in [2.45, 2.75) is 6.92 Å². The predicted molar refractivity (Wildman–Crippen MR) is 53.6 cm³/mol. The molecule has 1 N–H and O–H groups in total. The molecule has 0 aliphatic carbocycles. The van der Waals surface area contributed by atoms with Crippen molar-refractivity contribution in [1.82, 2.24) is 5.48 Å². The quantitative estimate of drug-likeness (QED) is 0.660. The third kappa shape index (κ3) is 3.08. The topological polar surface area (TPSA) is 38.3 Å². The van der Waals surface area contributed by atoms with E-state index < -0.39 is 0 Å². The normalized spacial score (nSPS) is 9.17. The third-order valence-electron chi connectivity index (χ3n) is 1.13. The van der Waals surface area contributed by atoms with E-state index in [-0.39, 0.29) is 5.91 Å². The van der Waals surface area contributed by atoms with Crippen LogP contribution in [0.15, 0.2) is 24.3 Å². The summed E-state index contributed by atoms with van der Waals surface area (Å²) in [6.45, 7) is 1.40. The van der Waals surface area contributed by atoms with E-state index in [0.717, 1.165) is 3.57 Å². The molecular weight excluding hydrogens is 269 g/mol. The van der Waals surface area contributed by atoms with Crippen LogP contribution in [-0.4, -0.2) is 5.91 Å². The Kier molecular flexibility index (Phi) is 3.33. The molecule has 1 amide bonds. The Morgan fingerprint density at radius 1 is 1.42 bits per heavy atom. The molecule has 0 fully saturated rings.